The van der Waals surface area contributed by atoms with E-state index in [-0.39, 0.29) is 11.7 Å². The molecule has 1 aliphatic rings. The maximum Gasteiger partial charge on any atom is 0.269 e. The fourth-order valence-corrected chi connectivity index (χ4v) is 3.33. The molecule has 1 N–H and O–H groups in total. The van der Waals surface area contributed by atoms with Crippen LogP contribution in [0.2, 0.25) is 0 Å². The van der Waals surface area contributed by atoms with Crippen molar-refractivity contribution in [3.8, 4) is 0 Å². The molecule has 2 aromatic heterocycles. The van der Waals surface area contributed by atoms with Gasteiger partial charge in [0.05, 0.1) is 11.7 Å². The summed E-state index contributed by atoms with van der Waals surface area (Å²) in [5.41, 5.74) is 2.46. The molecule has 6 heteroatoms. The largest absolute Gasteiger partial charge is 0.371 e. The van der Waals surface area contributed by atoms with Crippen molar-refractivity contribution in [3.05, 3.63) is 66.2 Å². The van der Waals surface area contributed by atoms with E-state index in [9.17, 15) is 9.18 Å². The van der Waals surface area contributed by atoms with E-state index in [2.05, 4.69) is 15.3 Å². The van der Waals surface area contributed by atoms with Crippen LogP contribution < -0.4 is 10.2 Å². The Hall–Kier alpha value is -2.89. The molecule has 1 amide bonds. The van der Waals surface area contributed by atoms with Crippen LogP contribution in [0.4, 0.5) is 10.1 Å². The Balaban J connectivity index is 1.37. The van der Waals surface area contributed by atoms with E-state index in [0.717, 1.165) is 30.7 Å². The highest BCUT2D eigenvalue weighted by molar-refractivity contribution is 5.93. The lowest BCUT2D eigenvalue weighted by Crippen LogP contribution is -2.32. The number of benzene rings is 1. The Labute approximate surface area is 145 Å². The molecule has 1 aromatic carbocycles. The number of hydrogen-bond donors (Lipinski definition) is 1. The molecule has 4 rings (SSSR count). The van der Waals surface area contributed by atoms with Crippen LogP contribution in [0.5, 0.6) is 0 Å². The Kier molecular flexibility index (Phi) is 4.09. The molecule has 0 spiro atoms. The number of nitrogens with zero attached hydrogens (tertiary/aromatic N) is 3. The third-order valence-electron chi connectivity index (χ3n) is 4.68. The van der Waals surface area contributed by atoms with Gasteiger partial charge in [-0.2, -0.15) is 5.10 Å². The molecule has 0 aliphatic carbocycles. The number of anilines is 1. The first-order valence-corrected chi connectivity index (χ1v) is 8.42. The summed E-state index contributed by atoms with van der Waals surface area (Å²) in [5, 5.41) is 7.21. The first-order valence-electron chi connectivity index (χ1n) is 8.42. The standard InChI is InChI=1S/C19H19FN4O/c20-15-4-6-16(7-5-15)23-11-9-14(13-23)12-21-19(25)18-3-1-2-17-8-10-22-24(17)18/h1-8,10,14H,9,11-13H2,(H,21,25)/t14-/m1/s1. The van der Waals surface area contributed by atoms with Crippen molar-refractivity contribution in [2.75, 3.05) is 24.5 Å². The van der Waals surface area contributed by atoms with Gasteiger partial charge in [-0.3, -0.25) is 4.79 Å². The molecule has 3 heterocycles. The first kappa shape index (κ1) is 15.6. The van der Waals surface area contributed by atoms with E-state index in [4.69, 9.17) is 0 Å². The lowest BCUT2D eigenvalue weighted by Gasteiger charge is -2.19. The number of halogens is 1. The maximum atomic E-state index is 13.0. The van der Waals surface area contributed by atoms with Crippen molar-refractivity contribution < 1.29 is 9.18 Å². The van der Waals surface area contributed by atoms with Gasteiger partial charge in [-0.05, 0) is 54.8 Å². The van der Waals surface area contributed by atoms with Crippen molar-refractivity contribution in [2.24, 2.45) is 5.92 Å². The Morgan fingerprint density at radius 3 is 2.88 bits per heavy atom. The van der Waals surface area contributed by atoms with Gasteiger partial charge in [0.15, 0.2) is 0 Å². The number of hydrogen-bond acceptors (Lipinski definition) is 3. The van der Waals surface area contributed by atoms with E-state index < -0.39 is 0 Å². The average Bonchev–Trinajstić information content (AvgIpc) is 3.29. The second kappa shape index (κ2) is 6.55. The zero-order chi connectivity index (χ0) is 17.2. The molecule has 1 aliphatic heterocycles. The summed E-state index contributed by atoms with van der Waals surface area (Å²) < 4.78 is 14.7. The summed E-state index contributed by atoms with van der Waals surface area (Å²) >= 11 is 0. The van der Waals surface area contributed by atoms with Crippen LogP contribution in [0.1, 0.15) is 16.9 Å². The van der Waals surface area contributed by atoms with Crippen LogP contribution in [-0.4, -0.2) is 35.2 Å². The highest BCUT2D eigenvalue weighted by Crippen LogP contribution is 2.23. The molecule has 128 valence electrons. The molecule has 25 heavy (non-hydrogen) atoms. The van der Waals surface area contributed by atoms with Gasteiger partial charge in [0.1, 0.15) is 11.5 Å². The molecule has 0 saturated carbocycles. The predicted octanol–water partition coefficient (Wildman–Crippen LogP) is 2.73. The fraction of sp³-hybridized carbons (Fsp3) is 0.263. The topological polar surface area (TPSA) is 49.6 Å². The third-order valence-corrected chi connectivity index (χ3v) is 4.68. The van der Waals surface area contributed by atoms with Crippen molar-refractivity contribution >= 4 is 17.1 Å². The number of carbonyl (C=O) groups excluding carboxylic acids is 1. The van der Waals surface area contributed by atoms with Gasteiger partial charge < -0.3 is 10.2 Å². The van der Waals surface area contributed by atoms with Gasteiger partial charge in [-0.1, -0.05) is 6.07 Å². The molecule has 1 atom stereocenters. The number of aromatic nitrogens is 2. The molecular weight excluding hydrogens is 319 g/mol. The Morgan fingerprint density at radius 2 is 2.04 bits per heavy atom. The number of nitrogens with one attached hydrogen (secondary N) is 1. The lowest BCUT2D eigenvalue weighted by atomic mass is 10.1. The van der Waals surface area contributed by atoms with Crippen LogP contribution in [0.15, 0.2) is 54.7 Å². The smallest absolute Gasteiger partial charge is 0.269 e. The highest BCUT2D eigenvalue weighted by atomic mass is 19.1. The summed E-state index contributed by atoms with van der Waals surface area (Å²) in [4.78, 5) is 14.7. The summed E-state index contributed by atoms with van der Waals surface area (Å²) in [7, 11) is 0. The van der Waals surface area contributed by atoms with Crippen LogP contribution >= 0.6 is 0 Å². The number of fused-ring (bicyclic) bond motifs is 1. The molecule has 0 bridgehead atoms. The van der Waals surface area contributed by atoms with Crippen molar-refractivity contribution in [1.82, 2.24) is 14.9 Å². The van der Waals surface area contributed by atoms with E-state index in [1.165, 1.54) is 12.1 Å². The monoisotopic (exact) mass is 338 g/mol. The minimum absolute atomic E-state index is 0.116. The van der Waals surface area contributed by atoms with Crippen LogP contribution in [0.3, 0.4) is 0 Å². The Morgan fingerprint density at radius 1 is 1.20 bits per heavy atom. The van der Waals surface area contributed by atoms with E-state index in [1.807, 2.05) is 18.2 Å². The molecule has 1 fully saturated rings. The lowest BCUT2D eigenvalue weighted by molar-refractivity contribution is 0.0941. The zero-order valence-electron chi connectivity index (χ0n) is 13.7. The van der Waals surface area contributed by atoms with Gasteiger partial charge in [-0.25, -0.2) is 8.91 Å². The quantitative estimate of drug-likeness (QED) is 0.796. The van der Waals surface area contributed by atoms with Gasteiger partial charge >= 0.3 is 0 Å². The van der Waals surface area contributed by atoms with Crippen molar-refractivity contribution in [2.45, 2.75) is 6.42 Å². The molecular formula is C19H19FN4O. The minimum Gasteiger partial charge on any atom is -0.371 e. The van der Waals surface area contributed by atoms with Crippen molar-refractivity contribution in [1.29, 1.82) is 0 Å². The number of pyridine rings is 1. The zero-order valence-corrected chi connectivity index (χ0v) is 13.7. The van der Waals surface area contributed by atoms with Crippen molar-refractivity contribution in [3.63, 3.8) is 0 Å². The van der Waals surface area contributed by atoms with E-state index >= 15 is 0 Å². The summed E-state index contributed by atoms with van der Waals surface area (Å²) in [5.74, 6) is 0.0416. The summed E-state index contributed by atoms with van der Waals surface area (Å²) in [6, 6.07) is 14.0. The van der Waals surface area contributed by atoms with Gasteiger partial charge in [0, 0.05) is 25.3 Å². The number of carbonyl (C=O) groups is 1. The van der Waals surface area contributed by atoms with Gasteiger partial charge in [0.25, 0.3) is 5.91 Å². The third kappa shape index (κ3) is 3.20. The SMILES string of the molecule is O=C(NC[C@H]1CCN(c2ccc(F)cc2)C1)c1cccc2ccnn12. The van der Waals surface area contributed by atoms with Crippen LogP contribution in [-0.2, 0) is 0 Å². The molecule has 0 radical (unpaired) electrons. The van der Waals surface area contributed by atoms with Crippen LogP contribution in [0, 0.1) is 11.7 Å². The average molecular weight is 338 g/mol. The second-order valence-electron chi connectivity index (χ2n) is 6.37. The van der Waals surface area contributed by atoms with Gasteiger partial charge in [0.2, 0.25) is 0 Å². The van der Waals surface area contributed by atoms with E-state index in [1.54, 1.807) is 28.9 Å². The molecule has 5 nitrogen and oxygen atoms in total. The summed E-state index contributed by atoms with van der Waals surface area (Å²) in [6.07, 6.45) is 2.69. The second-order valence-corrected chi connectivity index (χ2v) is 6.37. The van der Waals surface area contributed by atoms with Gasteiger partial charge in [-0.15, -0.1) is 0 Å². The Bertz CT molecular complexity index is 890. The first-order chi connectivity index (χ1) is 12.2. The maximum absolute atomic E-state index is 13.0. The molecule has 0 unspecified atom stereocenters. The van der Waals surface area contributed by atoms with E-state index in [0.29, 0.717) is 18.2 Å². The summed E-state index contributed by atoms with van der Waals surface area (Å²) in [6.45, 7) is 2.40. The highest BCUT2D eigenvalue weighted by Gasteiger charge is 2.23. The van der Waals surface area contributed by atoms with Crippen LogP contribution in [0.25, 0.3) is 5.52 Å². The predicted molar refractivity (Wildman–Crippen MR) is 94.2 cm³/mol. The number of amides is 1. The number of rotatable bonds is 4. The molecule has 3 aromatic rings. The normalized spacial score (nSPS) is 17.2. The minimum atomic E-state index is -0.223. The fourth-order valence-electron chi connectivity index (χ4n) is 3.33. The molecule has 1 saturated heterocycles.